The van der Waals surface area contributed by atoms with Crippen LogP contribution < -0.4 is 5.32 Å². The van der Waals surface area contributed by atoms with Gasteiger partial charge in [0.1, 0.15) is 5.15 Å². The predicted molar refractivity (Wildman–Crippen MR) is 62.7 cm³/mol. The number of hydrogen-bond acceptors (Lipinski definition) is 4. The van der Waals surface area contributed by atoms with E-state index in [1.165, 1.54) is 6.42 Å². The van der Waals surface area contributed by atoms with Gasteiger partial charge in [0, 0.05) is 18.3 Å². The molecule has 1 fully saturated rings. The molecule has 4 nitrogen and oxygen atoms in total. The molecule has 2 rings (SSSR count). The summed E-state index contributed by atoms with van der Waals surface area (Å²) in [5, 5.41) is 3.82. The van der Waals surface area contributed by atoms with Crippen LogP contribution in [-0.2, 0) is 11.3 Å². The van der Waals surface area contributed by atoms with E-state index < -0.39 is 0 Å². The van der Waals surface area contributed by atoms with Crippen LogP contribution in [0.3, 0.4) is 0 Å². The van der Waals surface area contributed by atoms with E-state index in [-0.39, 0.29) is 5.28 Å². The van der Waals surface area contributed by atoms with E-state index in [0.29, 0.717) is 17.7 Å². The van der Waals surface area contributed by atoms with Crippen molar-refractivity contribution in [3.05, 3.63) is 22.2 Å². The quantitative estimate of drug-likeness (QED) is 0.665. The summed E-state index contributed by atoms with van der Waals surface area (Å²) in [7, 11) is 0. The van der Waals surface area contributed by atoms with Crippen LogP contribution in [-0.4, -0.2) is 29.7 Å². The molecule has 2 heterocycles. The van der Waals surface area contributed by atoms with Crippen LogP contribution in [0, 0.1) is 5.92 Å². The lowest BCUT2D eigenvalue weighted by Gasteiger charge is -2.09. The highest BCUT2D eigenvalue weighted by molar-refractivity contribution is 6.32. The van der Waals surface area contributed by atoms with Gasteiger partial charge < -0.3 is 10.1 Å². The maximum Gasteiger partial charge on any atom is 0.223 e. The van der Waals surface area contributed by atoms with Crippen LogP contribution in [0.4, 0.5) is 0 Å². The van der Waals surface area contributed by atoms with Crippen molar-refractivity contribution in [2.75, 3.05) is 19.7 Å². The molecule has 1 aliphatic heterocycles. The van der Waals surface area contributed by atoms with E-state index in [0.717, 1.165) is 25.3 Å². The van der Waals surface area contributed by atoms with E-state index in [1.807, 2.05) is 0 Å². The zero-order valence-corrected chi connectivity index (χ0v) is 10.3. The van der Waals surface area contributed by atoms with Gasteiger partial charge in [-0.05, 0) is 30.5 Å². The molecule has 1 N–H and O–H groups in total. The fourth-order valence-electron chi connectivity index (χ4n) is 1.66. The van der Waals surface area contributed by atoms with Crippen LogP contribution in [0.1, 0.15) is 12.0 Å². The van der Waals surface area contributed by atoms with Gasteiger partial charge in [-0.1, -0.05) is 11.6 Å². The highest BCUT2D eigenvalue weighted by Gasteiger charge is 2.14. The molecule has 1 aromatic rings. The minimum Gasteiger partial charge on any atom is -0.376 e. The second-order valence-corrected chi connectivity index (χ2v) is 4.53. The van der Waals surface area contributed by atoms with E-state index >= 15 is 0 Å². The minimum atomic E-state index is 0.161. The van der Waals surface area contributed by atoms with Crippen LogP contribution in [0.25, 0.3) is 0 Å². The lowest BCUT2D eigenvalue weighted by Crippen LogP contribution is -2.13. The van der Waals surface area contributed by atoms with Crippen LogP contribution in [0.2, 0.25) is 10.4 Å². The Morgan fingerprint density at radius 3 is 3.06 bits per heavy atom. The largest absolute Gasteiger partial charge is 0.376 e. The molecule has 1 aromatic heterocycles. The molecule has 88 valence electrons. The van der Waals surface area contributed by atoms with E-state index in [9.17, 15) is 0 Å². The van der Waals surface area contributed by atoms with Gasteiger partial charge in [0.2, 0.25) is 5.28 Å². The van der Waals surface area contributed by atoms with Crippen molar-refractivity contribution in [2.24, 2.45) is 5.92 Å². The monoisotopic (exact) mass is 261 g/mol. The second-order valence-electron chi connectivity index (χ2n) is 3.83. The van der Waals surface area contributed by atoms with Gasteiger partial charge in [0.05, 0.1) is 13.2 Å². The number of nitrogens with zero attached hydrogens (tertiary/aromatic N) is 2. The van der Waals surface area contributed by atoms with Gasteiger partial charge in [0.15, 0.2) is 0 Å². The molecule has 0 aliphatic carbocycles. The van der Waals surface area contributed by atoms with Gasteiger partial charge in [0.25, 0.3) is 0 Å². The Morgan fingerprint density at radius 1 is 1.50 bits per heavy atom. The molecule has 1 atom stereocenters. The average Bonchev–Trinajstić information content (AvgIpc) is 2.74. The molecule has 0 bridgehead atoms. The van der Waals surface area contributed by atoms with E-state index in [1.54, 1.807) is 6.20 Å². The fourth-order valence-corrected chi connectivity index (χ4v) is 2.02. The zero-order valence-electron chi connectivity index (χ0n) is 8.75. The molecular weight excluding hydrogens is 249 g/mol. The summed E-state index contributed by atoms with van der Waals surface area (Å²) in [5.74, 6) is 0.604. The third kappa shape index (κ3) is 3.28. The highest BCUT2D eigenvalue weighted by atomic mass is 35.5. The van der Waals surface area contributed by atoms with Crippen molar-refractivity contribution in [3.8, 4) is 0 Å². The Labute approximate surface area is 104 Å². The Balaban J connectivity index is 1.80. The van der Waals surface area contributed by atoms with Crippen molar-refractivity contribution >= 4 is 23.2 Å². The summed E-state index contributed by atoms with van der Waals surface area (Å²) in [6, 6.07) is 0. The topological polar surface area (TPSA) is 47.0 Å². The van der Waals surface area contributed by atoms with Gasteiger partial charge in [-0.25, -0.2) is 9.97 Å². The summed E-state index contributed by atoms with van der Waals surface area (Å²) in [4.78, 5) is 7.72. The molecule has 0 saturated carbocycles. The first kappa shape index (κ1) is 12.0. The lowest BCUT2D eigenvalue weighted by molar-refractivity contribution is 0.0921. The third-order valence-electron chi connectivity index (χ3n) is 2.56. The first-order chi connectivity index (χ1) is 7.75. The lowest BCUT2D eigenvalue weighted by atomic mass is 10.1. The third-order valence-corrected chi connectivity index (χ3v) is 3.07. The van der Waals surface area contributed by atoms with Crippen molar-refractivity contribution in [1.29, 1.82) is 0 Å². The van der Waals surface area contributed by atoms with Crippen LogP contribution in [0.15, 0.2) is 6.20 Å². The molecule has 0 radical (unpaired) electrons. The molecule has 1 saturated heterocycles. The van der Waals surface area contributed by atoms with Crippen LogP contribution >= 0.6 is 23.2 Å². The van der Waals surface area contributed by atoms with Gasteiger partial charge >= 0.3 is 0 Å². The number of rotatable bonds is 4. The maximum absolute atomic E-state index is 5.90. The van der Waals surface area contributed by atoms with Crippen molar-refractivity contribution in [1.82, 2.24) is 15.3 Å². The number of aromatic nitrogens is 2. The first-order valence-corrected chi connectivity index (χ1v) is 5.96. The fraction of sp³-hybridized carbons (Fsp3) is 0.600. The van der Waals surface area contributed by atoms with E-state index in [4.69, 9.17) is 27.9 Å². The maximum atomic E-state index is 5.90. The van der Waals surface area contributed by atoms with Crippen molar-refractivity contribution in [2.45, 2.75) is 13.0 Å². The Bertz CT molecular complexity index is 356. The molecule has 0 unspecified atom stereocenters. The summed E-state index contributed by atoms with van der Waals surface area (Å²) in [5.41, 5.74) is 0.775. The Morgan fingerprint density at radius 2 is 2.38 bits per heavy atom. The number of nitrogens with one attached hydrogen (secondary N) is 1. The summed E-state index contributed by atoms with van der Waals surface area (Å²) >= 11 is 11.5. The molecule has 0 aromatic carbocycles. The molecule has 0 spiro atoms. The van der Waals surface area contributed by atoms with Crippen LogP contribution in [0.5, 0.6) is 0 Å². The summed E-state index contributed by atoms with van der Waals surface area (Å²) in [6.07, 6.45) is 2.77. The van der Waals surface area contributed by atoms with Crippen molar-refractivity contribution < 1.29 is 4.74 Å². The molecule has 0 amide bonds. The second kappa shape index (κ2) is 5.77. The summed E-state index contributed by atoms with van der Waals surface area (Å²) in [6.45, 7) is 3.29. The zero-order chi connectivity index (χ0) is 11.4. The molecular formula is C10H13Cl2N3O. The predicted octanol–water partition coefficient (Wildman–Crippen LogP) is 1.91. The molecule has 6 heteroatoms. The Hall–Kier alpha value is -0.420. The number of hydrogen-bond donors (Lipinski definition) is 1. The van der Waals surface area contributed by atoms with E-state index in [2.05, 4.69) is 15.3 Å². The van der Waals surface area contributed by atoms with Gasteiger partial charge in [-0.3, -0.25) is 0 Å². The standard InChI is InChI=1S/C10H13Cl2N3O/c11-9-8(4-14-10(12)15-9)6-16-5-7-1-2-13-3-7/h4,7,13H,1-3,5-6H2/t7-/m0/s1. The van der Waals surface area contributed by atoms with Gasteiger partial charge in [-0.15, -0.1) is 0 Å². The molecule has 1 aliphatic rings. The Kier molecular flexibility index (Phi) is 4.35. The highest BCUT2D eigenvalue weighted by Crippen LogP contribution is 2.16. The average molecular weight is 262 g/mol. The van der Waals surface area contributed by atoms with Crippen molar-refractivity contribution in [3.63, 3.8) is 0 Å². The number of halogens is 2. The van der Waals surface area contributed by atoms with Gasteiger partial charge in [-0.2, -0.15) is 0 Å². The smallest absolute Gasteiger partial charge is 0.223 e. The SMILES string of the molecule is Clc1ncc(COC[C@H]2CCNC2)c(Cl)n1. The minimum absolute atomic E-state index is 0.161. The first-order valence-electron chi connectivity index (χ1n) is 5.21. The summed E-state index contributed by atoms with van der Waals surface area (Å²) < 4.78 is 5.58. The number of ether oxygens (including phenoxy) is 1. The normalized spacial score (nSPS) is 20.2. The molecule has 16 heavy (non-hydrogen) atoms.